The average molecular weight is 501 g/mol. The summed E-state index contributed by atoms with van der Waals surface area (Å²) in [4.78, 5) is 39.8. The van der Waals surface area contributed by atoms with Crippen LogP contribution in [0.4, 0.5) is 10.1 Å². The standard InChI is InChI=1S/C27H31FN4O4/c1-16-12-31(13-17(2)36-16)14-18-6-7-22(28)19(10-18)11-29-23-5-3-4-20-21(23)15-32(27(20)35)24-8-9-25(33)30-26(24)34/h3-7,10,16-17,24,29H,8-9,11-15H2,1-2H3,(H,30,33,34)/i11D2,14D2,15D2. The van der Waals surface area contributed by atoms with E-state index in [2.05, 4.69) is 10.6 Å². The highest BCUT2D eigenvalue weighted by atomic mass is 19.1. The van der Waals surface area contributed by atoms with Crippen molar-refractivity contribution >= 4 is 23.4 Å². The van der Waals surface area contributed by atoms with Crippen molar-refractivity contribution in [2.75, 3.05) is 18.4 Å². The van der Waals surface area contributed by atoms with Gasteiger partial charge in [-0.1, -0.05) is 12.1 Å². The van der Waals surface area contributed by atoms with Crippen LogP contribution in [-0.2, 0) is 33.8 Å². The van der Waals surface area contributed by atoms with E-state index >= 15 is 4.39 Å². The van der Waals surface area contributed by atoms with Crippen LogP contribution in [0.25, 0.3) is 0 Å². The maximum atomic E-state index is 15.1. The van der Waals surface area contributed by atoms with Crippen LogP contribution in [0, 0.1) is 5.82 Å². The van der Waals surface area contributed by atoms with Gasteiger partial charge in [-0.3, -0.25) is 24.6 Å². The van der Waals surface area contributed by atoms with Crippen molar-refractivity contribution in [3.8, 4) is 0 Å². The molecular formula is C27H31FN4O4. The summed E-state index contributed by atoms with van der Waals surface area (Å²) in [6.45, 7) is -3.14. The second-order valence-corrected chi connectivity index (χ2v) is 9.20. The third-order valence-electron chi connectivity index (χ3n) is 6.27. The monoisotopic (exact) mass is 500 g/mol. The van der Waals surface area contributed by atoms with Gasteiger partial charge in [0.1, 0.15) is 11.9 Å². The Balaban J connectivity index is 1.48. The number of imide groups is 1. The molecule has 3 aliphatic heterocycles. The summed E-state index contributed by atoms with van der Waals surface area (Å²) < 4.78 is 73.5. The molecule has 3 amide bonds. The number of hydrogen-bond donors (Lipinski definition) is 2. The van der Waals surface area contributed by atoms with E-state index in [9.17, 15) is 14.4 Å². The van der Waals surface area contributed by atoms with Gasteiger partial charge in [0.05, 0.1) is 17.7 Å². The Morgan fingerprint density at radius 3 is 2.72 bits per heavy atom. The second-order valence-electron chi connectivity index (χ2n) is 9.20. The van der Waals surface area contributed by atoms with Gasteiger partial charge < -0.3 is 15.0 Å². The highest BCUT2D eigenvalue weighted by molar-refractivity contribution is 6.06. The molecule has 2 aromatic rings. The number of carbonyl (C=O) groups excluding carboxylic acids is 3. The fourth-order valence-electron chi connectivity index (χ4n) is 4.68. The molecule has 8 nitrogen and oxygen atoms in total. The van der Waals surface area contributed by atoms with Crippen molar-refractivity contribution in [3.63, 3.8) is 0 Å². The molecule has 9 heteroatoms. The number of benzene rings is 2. The predicted molar refractivity (Wildman–Crippen MR) is 131 cm³/mol. The van der Waals surface area contributed by atoms with Gasteiger partial charge in [-0.25, -0.2) is 4.39 Å². The number of nitrogens with zero attached hydrogens (tertiary/aromatic N) is 2. The molecule has 3 atom stereocenters. The number of carbonyl (C=O) groups is 3. The number of nitrogens with one attached hydrogen (secondary N) is 2. The maximum Gasteiger partial charge on any atom is 0.255 e. The van der Waals surface area contributed by atoms with Crippen LogP contribution in [0.1, 0.15) is 62.0 Å². The van der Waals surface area contributed by atoms with E-state index in [0.717, 1.165) is 17.0 Å². The van der Waals surface area contributed by atoms with Crippen LogP contribution in [0.15, 0.2) is 36.4 Å². The van der Waals surface area contributed by atoms with Gasteiger partial charge in [0.25, 0.3) is 5.91 Å². The van der Waals surface area contributed by atoms with Crippen molar-refractivity contribution in [1.29, 1.82) is 0 Å². The average Bonchev–Trinajstić information content (AvgIpc) is 3.09. The molecule has 3 aliphatic rings. The van der Waals surface area contributed by atoms with Gasteiger partial charge in [0.15, 0.2) is 0 Å². The molecule has 0 bridgehead atoms. The number of amides is 3. The minimum atomic E-state index is -2.68. The first-order chi connectivity index (χ1) is 19.5. The molecule has 5 rings (SSSR count). The van der Waals surface area contributed by atoms with Crippen molar-refractivity contribution < 1.29 is 31.7 Å². The lowest BCUT2D eigenvalue weighted by Gasteiger charge is -2.35. The van der Waals surface area contributed by atoms with Gasteiger partial charge in [-0.15, -0.1) is 0 Å². The molecule has 0 radical (unpaired) electrons. The van der Waals surface area contributed by atoms with Gasteiger partial charge >= 0.3 is 0 Å². The van der Waals surface area contributed by atoms with E-state index in [0.29, 0.717) is 0 Å². The highest BCUT2D eigenvalue weighted by Crippen LogP contribution is 2.32. The van der Waals surface area contributed by atoms with Crippen molar-refractivity contribution in [2.24, 2.45) is 0 Å². The van der Waals surface area contributed by atoms with Crippen LogP contribution in [0.2, 0.25) is 0 Å². The molecule has 2 N–H and O–H groups in total. The lowest BCUT2D eigenvalue weighted by Crippen LogP contribution is -2.52. The van der Waals surface area contributed by atoms with Gasteiger partial charge in [0.2, 0.25) is 11.8 Å². The summed E-state index contributed by atoms with van der Waals surface area (Å²) in [5.74, 6) is -3.09. The molecule has 2 saturated heterocycles. The normalized spacial score (nSPS) is 29.2. The smallest absolute Gasteiger partial charge is 0.255 e. The summed E-state index contributed by atoms with van der Waals surface area (Å²) in [6.07, 6.45) is -0.635. The SMILES string of the molecule is [2H]C([2H])(Nc1cccc2c1C([2H])([2H])N(C1CCC(=O)NC1=O)C2=O)c1cc(C([2H])([2H])N2CC(C)OC(C)C2)ccc1F. The fraction of sp³-hybridized carbons (Fsp3) is 0.444. The second kappa shape index (κ2) is 9.99. The number of hydrogen-bond acceptors (Lipinski definition) is 6. The van der Waals surface area contributed by atoms with Crippen LogP contribution < -0.4 is 10.6 Å². The van der Waals surface area contributed by atoms with Gasteiger partial charge in [0, 0.05) is 64.1 Å². The number of anilines is 1. The molecule has 0 spiro atoms. The molecule has 3 heterocycles. The highest BCUT2D eigenvalue weighted by Gasteiger charge is 2.39. The van der Waals surface area contributed by atoms with Crippen molar-refractivity contribution in [3.05, 3.63) is 64.5 Å². The van der Waals surface area contributed by atoms with Crippen LogP contribution in [0.5, 0.6) is 0 Å². The minimum absolute atomic E-state index is 0.0266. The molecule has 0 aromatic heterocycles. The van der Waals surface area contributed by atoms with Crippen molar-refractivity contribution in [1.82, 2.24) is 15.1 Å². The van der Waals surface area contributed by atoms with Gasteiger partial charge in [-0.2, -0.15) is 0 Å². The number of halogens is 1. The minimum Gasteiger partial charge on any atom is -0.381 e. The molecule has 2 aromatic carbocycles. The van der Waals surface area contributed by atoms with E-state index in [1.165, 1.54) is 24.3 Å². The molecule has 190 valence electrons. The van der Waals surface area contributed by atoms with Gasteiger partial charge in [-0.05, 0) is 50.1 Å². The summed E-state index contributed by atoms with van der Waals surface area (Å²) in [5.41, 5.74) is -0.964. The lowest BCUT2D eigenvalue weighted by atomic mass is 10.0. The Hall–Kier alpha value is -3.30. The summed E-state index contributed by atoms with van der Waals surface area (Å²) in [7, 11) is 0. The predicted octanol–water partition coefficient (Wildman–Crippen LogP) is 2.81. The third kappa shape index (κ3) is 4.99. The van der Waals surface area contributed by atoms with Crippen molar-refractivity contribution in [2.45, 2.75) is 64.4 Å². The Kier molecular flexibility index (Phi) is 5.00. The van der Waals surface area contributed by atoms with Crippen LogP contribution >= 0.6 is 0 Å². The Bertz CT molecular complexity index is 1450. The van der Waals surface area contributed by atoms with E-state index in [1.807, 2.05) is 13.8 Å². The van der Waals surface area contributed by atoms with E-state index in [1.54, 1.807) is 4.90 Å². The van der Waals surface area contributed by atoms with E-state index < -0.39 is 54.6 Å². The lowest BCUT2D eigenvalue weighted by molar-refractivity contribution is -0.136. The molecule has 3 unspecified atom stereocenters. The molecule has 0 aliphatic carbocycles. The zero-order chi connectivity index (χ0) is 30.8. The van der Waals surface area contributed by atoms with Crippen LogP contribution in [0.3, 0.4) is 0 Å². The summed E-state index contributed by atoms with van der Waals surface area (Å²) in [6, 6.07) is 6.18. The largest absolute Gasteiger partial charge is 0.381 e. The quantitative estimate of drug-likeness (QED) is 0.593. The van der Waals surface area contributed by atoms with Crippen LogP contribution in [-0.4, -0.2) is 58.9 Å². The van der Waals surface area contributed by atoms with E-state index in [4.69, 9.17) is 13.0 Å². The number of piperidine rings is 1. The molecule has 36 heavy (non-hydrogen) atoms. The summed E-state index contributed by atoms with van der Waals surface area (Å²) in [5, 5.41) is 4.65. The van der Waals surface area contributed by atoms with E-state index in [-0.39, 0.29) is 60.5 Å². The number of rotatable bonds is 6. The zero-order valence-corrected chi connectivity index (χ0v) is 19.9. The Morgan fingerprint density at radius 1 is 1.19 bits per heavy atom. The molecule has 2 fully saturated rings. The number of ether oxygens (including phenoxy) is 1. The Morgan fingerprint density at radius 2 is 1.97 bits per heavy atom. The first-order valence-electron chi connectivity index (χ1n) is 14.8. The topological polar surface area (TPSA) is 91.0 Å². The zero-order valence-electron chi connectivity index (χ0n) is 25.9. The maximum absolute atomic E-state index is 15.1. The molecule has 0 saturated carbocycles. The first kappa shape index (κ1) is 18.0. The Labute approximate surface area is 218 Å². The number of fused-ring (bicyclic) bond motifs is 1. The molecular weight excluding hydrogens is 463 g/mol. The number of morpholine rings is 1. The first-order valence-corrected chi connectivity index (χ1v) is 11.8. The summed E-state index contributed by atoms with van der Waals surface area (Å²) >= 11 is 0. The third-order valence-corrected chi connectivity index (χ3v) is 6.27. The fourth-order valence-corrected chi connectivity index (χ4v) is 4.68.